The maximum atomic E-state index is 5.32. The fourth-order valence-corrected chi connectivity index (χ4v) is 1.93. The van der Waals surface area contributed by atoms with Gasteiger partial charge in [0.1, 0.15) is 5.84 Å². The molecule has 2 aliphatic rings. The van der Waals surface area contributed by atoms with Crippen LogP contribution in [0.3, 0.4) is 0 Å². The molecule has 3 nitrogen and oxygen atoms in total. The maximum absolute atomic E-state index is 5.32. The minimum atomic E-state index is 0.115. The number of hydrogen-bond donors (Lipinski definition) is 1. The zero-order chi connectivity index (χ0) is 10.7. The third-order valence-corrected chi connectivity index (χ3v) is 3.27. The van der Waals surface area contributed by atoms with Gasteiger partial charge in [0.15, 0.2) is 0 Å². The molecule has 0 amide bonds. The summed E-state index contributed by atoms with van der Waals surface area (Å²) in [4.78, 5) is 4.72. The van der Waals surface area contributed by atoms with Crippen molar-refractivity contribution < 1.29 is 4.74 Å². The molecule has 1 saturated heterocycles. The Labute approximate surface area is 91.6 Å². The lowest BCUT2D eigenvalue weighted by molar-refractivity contribution is 0.0870. The van der Waals surface area contributed by atoms with Gasteiger partial charge in [0.2, 0.25) is 0 Å². The van der Waals surface area contributed by atoms with E-state index in [0.29, 0.717) is 6.04 Å². The predicted molar refractivity (Wildman–Crippen MR) is 62.2 cm³/mol. The summed E-state index contributed by atoms with van der Waals surface area (Å²) in [6, 6.07) is 0.449. The van der Waals surface area contributed by atoms with Crippen LogP contribution in [0.1, 0.15) is 33.1 Å². The van der Waals surface area contributed by atoms with Crippen molar-refractivity contribution in [1.82, 2.24) is 5.32 Å². The van der Waals surface area contributed by atoms with Crippen LogP contribution in [0.2, 0.25) is 0 Å². The van der Waals surface area contributed by atoms with E-state index in [4.69, 9.17) is 9.73 Å². The zero-order valence-electron chi connectivity index (χ0n) is 9.62. The van der Waals surface area contributed by atoms with E-state index in [9.17, 15) is 0 Å². The highest BCUT2D eigenvalue weighted by atomic mass is 16.5. The molecule has 2 rings (SSSR count). The van der Waals surface area contributed by atoms with Gasteiger partial charge in [0.25, 0.3) is 0 Å². The van der Waals surface area contributed by atoms with Gasteiger partial charge in [-0.3, -0.25) is 4.99 Å². The highest BCUT2D eigenvalue weighted by Gasteiger charge is 2.24. The lowest BCUT2D eigenvalue weighted by atomic mass is 10.0. The van der Waals surface area contributed by atoms with Crippen molar-refractivity contribution in [3.05, 3.63) is 12.2 Å². The van der Waals surface area contributed by atoms with Crippen molar-refractivity contribution in [1.29, 1.82) is 0 Å². The van der Waals surface area contributed by atoms with Crippen LogP contribution in [0.15, 0.2) is 17.1 Å². The van der Waals surface area contributed by atoms with Gasteiger partial charge in [-0.25, -0.2) is 0 Å². The van der Waals surface area contributed by atoms with E-state index >= 15 is 0 Å². The van der Waals surface area contributed by atoms with Crippen LogP contribution >= 0.6 is 0 Å². The molecule has 84 valence electrons. The number of nitrogens with one attached hydrogen (secondary N) is 1. The van der Waals surface area contributed by atoms with Gasteiger partial charge in [-0.15, -0.1) is 0 Å². The first-order valence-electron chi connectivity index (χ1n) is 5.85. The van der Waals surface area contributed by atoms with Crippen LogP contribution in [0.25, 0.3) is 0 Å². The van der Waals surface area contributed by atoms with E-state index in [1.807, 2.05) is 0 Å². The molecule has 1 N–H and O–H groups in total. The second kappa shape index (κ2) is 4.35. The van der Waals surface area contributed by atoms with E-state index in [1.54, 1.807) is 0 Å². The Morgan fingerprint density at radius 3 is 2.87 bits per heavy atom. The molecule has 1 atom stereocenters. The standard InChI is InChI=1S/C12H20N2O/c1-3-12(2)7-4-11(14-12)13-10-5-8-15-9-6-10/h4,7,10H,3,5-6,8-9H2,1-2H3,(H,13,14). The van der Waals surface area contributed by atoms with Crippen molar-refractivity contribution in [2.45, 2.75) is 44.7 Å². The summed E-state index contributed by atoms with van der Waals surface area (Å²) in [6.45, 7) is 6.11. The van der Waals surface area contributed by atoms with E-state index in [1.165, 1.54) is 0 Å². The minimum absolute atomic E-state index is 0.115. The fourth-order valence-electron chi connectivity index (χ4n) is 1.93. The van der Waals surface area contributed by atoms with Gasteiger partial charge in [-0.05, 0) is 32.3 Å². The van der Waals surface area contributed by atoms with E-state index < -0.39 is 0 Å². The molecule has 3 heteroatoms. The molecule has 1 fully saturated rings. The van der Waals surface area contributed by atoms with Gasteiger partial charge < -0.3 is 10.1 Å². The molecule has 0 aromatic rings. The largest absolute Gasteiger partial charge is 0.381 e. The number of ether oxygens (including phenoxy) is 1. The molecule has 0 saturated carbocycles. The number of rotatable bonds is 2. The summed E-state index contributed by atoms with van der Waals surface area (Å²) in [7, 11) is 0. The summed E-state index contributed by atoms with van der Waals surface area (Å²) in [6.07, 6.45) is 7.53. The van der Waals surface area contributed by atoms with Crippen molar-refractivity contribution in [3.63, 3.8) is 0 Å². The molecule has 1 unspecified atom stereocenters. The lowest BCUT2D eigenvalue weighted by Gasteiger charge is -2.23. The predicted octanol–water partition coefficient (Wildman–Crippen LogP) is 1.89. The van der Waals surface area contributed by atoms with E-state index in [0.717, 1.165) is 38.3 Å². The number of hydrogen-bond acceptors (Lipinski definition) is 2. The van der Waals surface area contributed by atoms with Crippen LogP contribution in [-0.4, -0.2) is 30.6 Å². The van der Waals surface area contributed by atoms with Crippen molar-refractivity contribution in [3.8, 4) is 0 Å². The molecule has 0 spiro atoms. The zero-order valence-corrected chi connectivity index (χ0v) is 9.62. The van der Waals surface area contributed by atoms with Crippen LogP contribution in [0, 0.1) is 0 Å². The quantitative estimate of drug-likeness (QED) is 0.752. The molecular formula is C12H20N2O. The van der Waals surface area contributed by atoms with Gasteiger partial charge >= 0.3 is 0 Å². The molecular weight excluding hydrogens is 188 g/mol. The van der Waals surface area contributed by atoms with Crippen LogP contribution in [0.4, 0.5) is 0 Å². The van der Waals surface area contributed by atoms with Crippen molar-refractivity contribution >= 4 is 5.84 Å². The third-order valence-electron chi connectivity index (χ3n) is 3.27. The Morgan fingerprint density at radius 2 is 2.27 bits per heavy atom. The Morgan fingerprint density at radius 1 is 1.53 bits per heavy atom. The SMILES string of the molecule is CCC1(C)C=CC(=NC2CCOCC2)N1. The first kappa shape index (κ1) is 10.7. The molecule has 0 bridgehead atoms. The number of nitrogens with zero attached hydrogens (tertiary/aromatic N) is 1. The van der Waals surface area contributed by atoms with Crippen molar-refractivity contribution in [2.24, 2.45) is 4.99 Å². The summed E-state index contributed by atoms with van der Waals surface area (Å²) in [5, 5.41) is 3.46. The molecule has 0 radical (unpaired) electrons. The molecule has 0 aromatic heterocycles. The van der Waals surface area contributed by atoms with Gasteiger partial charge in [-0.1, -0.05) is 13.0 Å². The van der Waals surface area contributed by atoms with Gasteiger partial charge in [-0.2, -0.15) is 0 Å². The topological polar surface area (TPSA) is 33.6 Å². The molecule has 15 heavy (non-hydrogen) atoms. The third kappa shape index (κ3) is 2.59. The average molecular weight is 208 g/mol. The highest BCUT2D eigenvalue weighted by Crippen LogP contribution is 2.18. The number of amidine groups is 1. The second-order valence-corrected chi connectivity index (χ2v) is 4.59. The molecule has 2 aliphatic heterocycles. The van der Waals surface area contributed by atoms with Gasteiger partial charge in [0.05, 0.1) is 11.6 Å². The Bertz CT molecular complexity index is 279. The summed E-state index contributed by atoms with van der Waals surface area (Å²) < 4.78 is 5.32. The first-order valence-corrected chi connectivity index (χ1v) is 5.85. The average Bonchev–Trinajstić information content (AvgIpc) is 2.63. The first-order chi connectivity index (χ1) is 7.22. The molecule has 2 heterocycles. The Kier molecular flexibility index (Phi) is 3.10. The Balaban J connectivity index is 1.95. The minimum Gasteiger partial charge on any atom is -0.381 e. The van der Waals surface area contributed by atoms with Gasteiger partial charge in [0, 0.05) is 13.2 Å². The normalized spacial score (nSPS) is 34.7. The summed E-state index contributed by atoms with van der Waals surface area (Å²) in [5.41, 5.74) is 0.115. The van der Waals surface area contributed by atoms with Crippen LogP contribution < -0.4 is 5.32 Å². The molecule has 0 aliphatic carbocycles. The van der Waals surface area contributed by atoms with Crippen LogP contribution in [-0.2, 0) is 4.74 Å². The van der Waals surface area contributed by atoms with E-state index in [2.05, 4.69) is 31.3 Å². The highest BCUT2D eigenvalue weighted by molar-refractivity contribution is 5.96. The lowest BCUT2D eigenvalue weighted by Crippen LogP contribution is -2.38. The fraction of sp³-hybridized carbons (Fsp3) is 0.750. The summed E-state index contributed by atoms with van der Waals surface area (Å²) >= 11 is 0. The smallest absolute Gasteiger partial charge is 0.121 e. The second-order valence-electron chi connectivity index (χ2n) is 4.59. The van der Waals surface area contributed by atoms with Crippen LogP contribution in [0.5, 0.6) is 0 Å². The maximum Gasteiger partial charge on any atom is 0.121 e. The summed E-state index contributed by atoms with van der Waals surface area (Å²) in [5.74, 6) is 1.05. The van der Waals surface area contributed by atoms with E-state index in [-0.39, 0.29) is 5.54 Å². The monoisotopic (exact) mass is 208 g/mol. The Hall–Kier alpha value is -0.830. The number of aliphatic imine (C=N–C) groups is 1. The van der Waals surface area contributed by atoms with Crippen molar-refractivity contribution in [2.75, 3.05) is 13.2 Å². The molecule has 0 aromatic carbocycles.